The minimum atomic E-state index is -0.188. The zero-order chi connectivity index (χ0) is 15.9. The maximum Gasteiger partial charge on any atom is 0.271 e. The Morgan fingerprint density at radius 3 is 2.50 bits per heavy atom. The molecule has 2 rings (SSSR count). The Balaban J connectivity index is 1.94. The zero-order valence-electron chi connectivity index (χ0n) is 13.3. The fraction of sp³-hybridized carbons (Fsp3) is 0.353. The van der Waals surface area contributed by atoms with Crippen molar-refractivity contribution in [3.05, 3.63) is 59.7 Å². The first-order valence-electron chi connectivity index (χ1n) is 7.33. The van der Waals surface area contributed by atoms with Gasteiger partial charge >= 0.3 is 0 Å². The SMILES string of the molecule is Cc1cnc(C(=O)NCC(Cc2ccccc2)N(C)C)cn1. The highest BCUT2D eigenvalue weighted by molar-refractivity contribution is 5.91. The Morgan fingerprint density at radius 1 is 1.18 bits per heavy atom. The van der Waals surface area contributed by atoms with Crippen LogP contribution in [0.4, 0.5) is 0 Å². The van der Waals surface area contributed by atoms with Gasteiger partial charge in [-0.1, -0.05) is 30.3 Å². The predicted molar refractivity (Wildman–Crippen MR) is 86.7 cm³/mol. The van der Waals surface area contributed by atoms with Gasteiger partial charge in [-0.05, 0) is 33.0 Å². The third-order valence-electron chi connectivity index (χ3n) is 3.56. The van der Waals surface area contributed by atoms with Gasteiger partial charge in [-0.2, -0.15) is 0 Å². The van der Waals surface area contributed by atoms with Crippen LogP contribution in [0.3, 0.4) is 0 Å². The Morgan fingerprint density at radius 2 is 1.91 bits per heavy atom. The Labute approximate surface area is 131 Å². The van der Waals surface area contributed by atoms with Gasteiger partial charge in [0.2, 0.25) is 0 Å². The molecule has 5 nitrogen and oxygen atoms in total. The summed E-state index contributed by atoms with van der Waals surface area (Å²) in [5.41, 5.74) is 2.40. The van der Waals surface area contributed by atoms with Crippen LogP contribution in [0.1, 0.15) is 21.7 Å². The first-order valence-corrected chi connectivity index (χ1v) is 7.33. The van der Waals surface area contributed by atoms with Gasteiger partial charge in [0.05, 0.1) is 11.9 Å². The molecular weight excluding hydrogens is 276 g/mol. The lowest BCUT2D eigenvalue weighted by Crippen LogP contribution is -2.41. The van der Waals surface area contributed by atoms with Crippen molar-refractivity contribution in [2.45, 2.75) is 19.4 Å². The minimum Gasteiger partial charge on any atom is -0.349 e. The van der Waals surface area contributed by atoms with Gasteiger partial charge in [0.15, 0.2) is 0 Å². The van der Waals surface area contributed by atoms with Gasteiger partial charge in [-0.3, -0.25) is 9.78 Å². The van der Waals surface area contributed by atoms with Crippen LogP contribution in [-0.4, -0.2) is 47.5 Å². The lowest BCUT2D eigenvalue weighted by atomic mass is 10.1. The first-order chi connectivity index (χ1) is 10.6. The topological polar surface area (TPSA) is 58.1 Å². The molecule has 1 atom stereocenters. The minimum absolute atomic E-state index is 0.188. The van der Waals surface area contributed by atoms with E-state index in [1.807, 2.05) is 39.2 Å². The van der Waals surface area contributed by atoms with Crippen molar-refractivity contribution in [2.75, 3.05) is 20.6 Å². The number of hydrogen-bond donors (Lipinski definition) is 1. The molecule has 2 aromatic rings. The molecule has 0 aliphatic carbocycles. The monoisotopic (exact) mass is 298 g/mol. The molecule has 0 fully saturated rings. The number of carbonyl (C=O) groups excluding carboxylic acids is 1. The summed E-state index contributed by atoms with van der Waals surface area (Å²) in [6.07, 6.45) is 3.99. The zero-order valence-corrected chi connectivity index (χ0v) is 13.3. The number of aryl methyl sites for hydroxylation is 1. The smallest absolute Gasteiger partial charge is 0.271 e. The van der Waals surface area contributed by atoms with E-state index in [4.69, 9.17) is 0 Å². The number of aromatic nitrogens is 2. The third-order valence-corrected chi connectivity index (χ3v) is 3.56. The fourth-order valence-electron chi connectivity index (χ4n) is 2.13. The molecule has 1 aromatic carbocycles. The van der Waals surface area contributed by atoms with Gasteiger partial charge in [-0.15, -0.1) is 0 Å². The van der Waals surface area contributed by atoms with Crippen molar-refractivity contribution in [1.29, 1.82) is 0 Å². The molecule has 0 aliphatic heterocycles. The molecule has 1 amide bonds. The van der Waals surface area contributed by atoms with Crippen LogP contribution in [0.5, 0.6) is 0 Å². The first kappa shape index (κ1) is 16.1. The van der Waals surface area contributed by atoms with E-state index in [0.717, 1.165) is 12.1 Å². The van der Waals surface area contributed by atoms with Crippen molar-refractivity contribution in [1.82, 2.24) is 20.2 Å². The number of nitrogens with one attached hydrogen (secondary N) is 1. The molecule has 0 saturated carbocycles. The van der Waals surface area contributed by atoms with Crippen LogP contribution in [0.25, 0.3) is 0 Å². The number of amides is 1. The van der Waals surface area contributed by atoms with E-state index in [2.05, 4.69) is 32.3 Å². The van der Waals surface area contributed by atoms with Crippen molar-refractivity contribution in [3.8, 4) is 0 Å². The second kappa shape index (κ2) is 7.66. The molecule has 1 aromatic heterocycles. The third kappa shape index (κ3) is 4.63. The molecule has 0 saturated heterocycles. The number of carbonyl (C=O) groups is 1. The van der Waals surface area contributed by atoms with Gasteiger partial charge < -0.3 is 10.2 Å². The summed E-state index contributed by atoms with van der Waals surface area (Å²) in [6, 6.07) is 10.5. The summed E-state index contributed by atoms with van der Waals surface area (Å²) in [4.78, 5) is 22.4. The highest BCUT2D eigenvalue weighted by atomic mass is 16.1. The van der Waals surface area contributed by atoms with Crippen LogP contribution in [0.15, 0.2) is 42.7 Å². The van der Waals surface area contributed by atoms with E-state index in [1.165, 1.54) is 11.8 Å². The maximum absolute atomic E-state index is 12.1. The number of rotatable bonds is 6. The van der Waals surface area contributed by atoms with Crippen molar-refractivity contribution in [2.24, 2.45) is 0 Å². The largest absolute Gasteiger partial charge is 0.349 e. The normalized spacial score (nSPS) is 12.2. The number of benzene rings is 1. The summed E-state index contributed by atoms with van der Waals surface area (Å²) in [7, 11) is 4.04. The summed E-state index contributed by atoms with van der Waals surface area (Å²) < 4.78 is 0. The van der Waals surface area contributed by atoms with E-state index >= 15 is 0 Å². The van der Waals surface area contributed by atoms with Crippen molar-refractivity contribution < 1.29 is 4.79 Å². The van der Waals surface area contributed by atoms with E-state index in [1.54, 1.807) is 6.20 Å². The molecule has 0 radical (unpaired) electrons. The van der Waals surface area contributed by atoms with E-state index in [9.17, 15) is 4.79 Å². The summed E-state index contributed by atoms with van der Waals surface area (Å²) >= 11 is 0. The predicted octanol–water partition coefficient (Wildman–Crippen LogP) is 1.69. The quantitative estimate of drug-likeness (QED) is 0.881. The van der Waals surface area contributed by atoms with Crippen LogP contribution >= 0.6 is 0 Å². The molecule has 5 heteroatoms. The molecule has 1 N–H and O–H groups in total. The lowest BCUT2D eigenvalue weighted by Gasteiger charge is -2.24. The van der Waals surface area contributed by atoms with E-state index in [0.29, 0.717) is 12.2 Å². The Hall–Kier alpha value is -2.27. The van der Waals surface area contributed by atoms with Gasteiger partial charge in [0.25, 0.3) is 5.91 Å². The summed E-state index contributed by atoms with van der Waals surface area (Å²) in [5.74, 6) is -0.188. The molecule has 22 heavy (non-hydrogen) atoms. The molecular formula is C17H22N4O. The van der Waals surface area contributed by atoms with Crippen LogP contribution in [0, 0.1) is 6.92 Å². The van der Waals surface area contributed by atoms with E-state index in [-0.39, 0.29) is 11.9 Å². The highest BCUT2D eigenvalue weighted by Gasteiger charge is 2.15. The molecule has 116 valence electrons. The number of nitrogens with zero attached hydrogens (tertiary/aromatic N) is 3. The highest BCUT2D eigenvalue weighted by Crippen LogP contribution is 2.06. The van der Waals surface area contributed by atoms with Gasteiger partial charge in [0, 0.05) is 18.8 Å². The van der Waals surface area contributed by atoms with Gasteiger partial charge in [0.1, 0.15) is 5.69 Å². The Kier molecular flexibility index (Phi) is 5.61. The molecule has 1 heterocycles. The average Bonchev–Trinajstić information content (AvgIpc) is 2.52. The number of likely N-dealkylation sites (N-methyl/N-ethyl adjacent to an activating group) is 1. The second-order valence-electron chi connectivity index (χ2n) is 5.56. The standard InChI is InChI=1S/C17H22N4O/c1-13-10-19-16(12-18-13)17(22)20-11-15(21(2)3)9-14-7-5-4-6-8-14/h4-8,10,12,15H,9,11H2,1-3H3,(H,20,22). The van der Waals surface area contributed by atoms with Crippen LogP contribution < -0.4 is 5.32 Å². The summed E-state index contributed by atoms with van der Waals surface area (Å²) in [5, 5.41) is 2.94. The van der Waals surface area contributed by atoms with Crippen LogP contribution in [-0.2, 0) is 6.42 Å². The van der Waals surface area contributed by atoms with Crippen LogP contribution in [0.2, 0.25) is 0 Å². The average molecular weight is 298 g/mol. The molecule has 0 aliphatic rings. The molecule has 0 bridgehead atoms. The summed E-state index contributed by atoms with van der Waals surface area (Å²) in [6.45, 7) is 2.41. The van der Waals surface area contributed by atoms with Crippen molar-refractivity contribution in [3.63, 3.8) is 0 Å². The van der Waals surface area contributed by atoms with Crippen molar-refractivity contribution >= 4 is 5.91 Å². The number of hydrogen-bond acceptors (Lipinski definition) is 4. The van der Waals surface area contributed by atoms with E-state index < -0.39 is 0 Å². The molecule has 1 unspecified atom stereocenters. The molecule has 0 spiro atoms. The maximum atomic E-state index is 12.1. The fourth-order valence-corrected chi connectivity index (χ4v) is 2.13. The second-order valence-corrected chi connectivity index (χ2v) is 5.56. The van der Waals surface area contributed by atoms with Gasteiger partial charge in [-0.25, -0.2) is 4.98 Å². The Bertz CT molecular complexity index is 596. The lowest BCUT2D eigenvalue weighted by molar-refractivity contribution is 0.0936.